The Morgan fingerprint density at radius 2 is 2.00 bits per heavy atom. The topological polar surface area (TPSA) is 46.5 Å². The van der Waals surface area contributed by atoms with Crippen molar-refractivity contribution >= 4 is 23.6 Å². The van der Waals surface area contributed by atoms with Gasteiger partial charge in [0.2, 0.25) is 6.08 Å². The molecule has 7 heteroatoms. The molecular weight excluding hydrogens is 259 g/mol. The van der Waals surface area contributed by atoms with Crippen LogP contribution in [-0.4, -0.2) is 18.2 Å². The average molecular weight is 268 g/mol. The summed E-state index contributed by atoms with van der Waals surface area (Å²) < 4.78 is 36.6. The third kappa shape index (κ3) is 2.76. The van der Waals surface area contributed by atoms with Gasteiger partial charge in [0, 0.05) is 0 Å². The Morgan fingerprint density at radius 3 is 2.41 bits per heavy atom. The van der Waals surface area contributed by atoms with Gasteiger partial charge in [-0.1, -0.05) is 31.5 Å². The molecule has 1 aliphatic carbocycles. The van der Waals surface area contributed by atoms with Gasteiger partial charge < -0.3 is 0 Å². The highest BCUT2D eigenvalue weighted by Crippen LogP contribution is 2.60. The van der Waals surface area contributed by atoms with Gasteiger partial charge in [-0.05, 0) is 11.3 Å². The van der Waals surface area contributed by atoms with Gasteiger partial charge in [-0.25, -0.2) is 4.79 Å². The molecule has 0 N–H and O–H groups in total. The van der Waals surface area contributed by atoms with Crippen molar-refractivity contribution in [2.75, 3.05) is 0 Å². The van der Waals surface area contributed by atoms with Gasteiger partial charge in [-0.2, -0.15) is 13.2 Å². The Balaban J connectivity index is 2.89. The molecule has 0 aromatic carbocycles. The van der Waals surface area contributed by atoms with Crippen LogP contribution in [-0.2, 0) is 9.59 Å². The predicted octanol–water partition coefficient (Wildman–Crippen LogP) is 2.81. The van der Waals surface area contributed by atoms with Crippen LogP contribution in [0.1, 0.15) is 13.8 Å². The monoisotopic (exact) mass is 267 g/mol. The SMILES string of the molecule is CC1(C)C(C=C(Cl)C(F)(F)F)C1C(=O)N=C=O. The summed E-state index contributed by atoms with van der Waals surface area (Å²) in [7, 11) is 0. The van der Waals surface area contributed by atoms with E-state index in [1.165, 1.54) is 0 Å². The minimum Gasteiger partial charge on any atom is -0.271 e. The van der Waals surface area contributed by atoms with E-state index in [2.05, 4.69) is 4.99 Å². The zero-order chi connectivity index (χ0) is 13.4. The van der Waals surface area contributed by atoms with Gasteiger partial charge in [-0.15, -0.1) is 4.99 Å². The normalized spacial score (nSPS) is 27.3. The van der Waals surface area contributed by atoms with Crippen LogP contribution in [0.2, 0.25) is 0 Å². The number of rotatable bonds is 2. The molecule has 17 heavy (non-hydrogen) atoms. The highest BCUT2D eigenvalue weighted by molar-refractivity contribution is 6.30. The molecule has 0 radical (unpaired) electrons. The predicted molar refractivity (Wildman–Crippen MR) is 53.9 cm³/mol. The second kappa shape index (κ2) is 4.27. The fourth-order valence-electron chi connectivity index (χ4n) is 1.83. The van der Waals surface area contributed by atoms with Gasteiger partial charge in [0.15, 0.2) is 0 Å². The molecule has 0 spiro atoms. The van der Waals surface area contributed by atoms with Crippen molar-refractivity contribution < 1.29 is 22.8 Å². The number of hydrogen-bond acceptors (Lipinski definition) is 2. The number of halogens is 4. The average Bonchev–Trinajstić information content (AvgIpc) is 2.67. The van der Waals surface area contributed by atoms with E-state index in [0.29, 0.717) is 0 Å². The van der Waals surface area contributed by atoms with E-state index in [4.69, 9.17) is 11.6 Å². The first-order valence-corrected chi connectivity index (χ1v) is 5.06. The molecule has 0 aliphatic heterocycles. The zero-order valence-corrected chi connectivity index (χ0v) is 9.76. The third-order valence-corrected chi connectivity index (χ3v) is 3.27. The molecule has 0 heterocycles. The van der Waals surface area contributed by atoms with Crippen molar-refractivity contribution in [3.05, 3.63) is 11.1 Å². The molecule has 3 nitrogen and oxygen atoms in total. The first-order valence-electron chi connectivity index (χ1n) is 4.68. The summed E-state index contributed by atoms with van der Waals surface area (Å²) in [5.41, 5.74) is -0.678. The van der Waals surface area contributed by atoms with E-state index in [0.717, 1.165) is 12.2 Å². The van der Waals surface area contributed by atoms with E-state index in [-0.39, 0.29) is 0 Å². The van der Waals surface area contributed by atoms with Crippen LogP contribution in [0.25, 0.3) is 0 Å². The molecule has 0 saturated heterocycles. The van der Waals surface area contributed by atoms with Crippen LogP contribution >= 0.6 is 11.6 Å². The number of allylic oxidation sites excluding steroid dienone is 2. The molecule has 1 aliphatic rings. The Bertz CT molecular complexity index is 422. The van der Waals surface area contributed by atoms with Gasteiger partial charge in [-0.3, -0.25) is 4.79 Å². The van der Waals surface area contributed by atoms with Crippen molar-refractivity contribution in [3.63, 3.8) is 0 Å². The number of carbonyl (C=O) groups excluding carboxylic acids is 2. The number of isocyanates is 1. The van der Waals surface area contributed by atoms with Crippen LogP contribution < -0.4 is 0 Å². The van der Waals surface area contributed by atoms with E-state index < -0.39 is 34.4 Å². The minimum atomic E-state index is -4.62. The van der Waals surface area contributed by atoms with E-state index in [9.17, 15) is 22.8 Å². The molecule has 1 amide bonds. The minimum absolute atomic E-state index is 0.666. The number of hydrogen-bond donors (Lipinski definition) is 0. The highest BCUT2D eigenvalue weighted by atomic mass is 35.5. The smallest absolute Gasteiger partial charge is 0.271 e. The zero-order valence-electron chi connectivity index (χ0n) is 9.01. The Hall–Kier alpha value is -1.13. The molecule has 0 bridgehead atoms. The summed E-state index contributed by atoms with van der Waals surface area (Å²) in [4.78, 5) is 24.1. The fourth-order valence-corrected chi connectivity index (χ4v) is 1.96. The van der Waals surface area contributed by atoms with Crippen molar-refractivity contribution in [1.82, 2.24) is 0 Å². The first-order chi connectivity index (χ1) is 7.62. The summed E-state index contributed by atoms with van der Waals surface area (Å²) in [6.45, 7) is 3.22. The second-order valence-electron chi connectivity index (χ2n) is 4.38. The van der Waals surface area contributed by atoms with Crippen LogP contribution in [0.3, 0.4) is 0 Å². The highest BCUT2D eigenvalue weighted by Gasteiger charge is 2.61. The molecule has 0 aromatic rings. The lowest BCUT2D eigenvalue weighted by molar-refractivity contribution is -0.119. The largest absolute Gasteiger partial charge is 0.426 e. The summed E-state index contributed by atoms with van der Waals surface area (Å²) in [5, 5.41) is -1.26. The summed E-state index contributed by atoms with van der Waals surface area (Å²) in [5.74, 6) is -2.18. The maximum Gasteiger partial charge on any atom is 0.426 e. The molecular formula is C10H9ClF3NO2. The molecule has 1 rings (SSSR count). The molecule has 1 fully saturated rings. The third-order valence-electron chi connectivity index (χ3n) is 2.93. The van der Waals surface area contributed by atoms with Crippen molar-refractivity contribution in [1.29, 1.82) is 0 Å². The van der Waals surface area contributed by atoms with Crippen LogP contribution in [0, 0.1) is 17.3 Å². The van der Waals surface area contributed by atoms with E-state index >= 15 is 0 Å². The lowest BCUT2D eigenvalue weighted by Crippen LogP contribution is -2.07. The molecule has 2 atom stereocenters. The van der Waals surface area contributed by atoms with Crippen LogP contribution in [0.4, 0.5) is 13.2 Å². The number of alkyl halides is 3. The van der Waals surface area contributed by atoms with E-state index in [1.54, 1.807) is 13.8 Å². The van der Waals surface area contributed by atoms with Gasteiger partial charge in [0.05, 0.1) is 5.92 Å². The second-order valence-corrected chi connectivity index (χ2v) is 4.79. The summed E-state index contributed by atoms with van der Waals surface area (Å²) >= 11 is 5.08. The number of amides is 1. The maximum absolute atomic E-state index is 12.2. The standard InChI is InChI=1S/C10H9ClF3NO2/c1-9(2)5(3-6(11)10(12,13)14)7(9)8(17)15-4-16/h3,5,7H,1-2H3. The maximum atomic E-state index is 12.2. The van der Waals surface area contributed by atoms with Crippen molar-refractivity contribution in [2.24, 2.45) is 22.2 Å². The van der Waals surface area contributed by atoms with Crippen molar-refractivity contribution in [2.45, 2.75) is 20.0 Å². The van der Waals surface area contributed by atoms with Gasteiger partial charge in [0.1, 0.15) is 5.03 Å². The number of aliphatic imine (C=N–C) groups is 1. The van der Waals surface area contributed by atoms with Gasteiger partial charge >= 0.3 is 6.18 Å². The Labute approximate surface area is 100 Å². The van der Waals surface area contributed by atoms with Crippen molar-refractivity contribution in [3.8, 4) is 0 Å². The lowest BCUT2D eigenvalue weighted by Gasteiger charge is -2.04. The van der Waals surface area contributed by atoms with Gasteiger partial charge in [0.25, 0.3) is 5.91 Å². The number of carbonyl (C=O) groups is 1. The molecule has 0 aromatic heterocycles. The first kappa shape index (κ1) is 13.9. The van der Waals surface area contributed by atoms with Crippen LogP contribution in [0.5, 0.6) is 0 Å². The summed E-state index contributed by atoms with van der Waals surface area (Å²) in [6.07, 6.45) is -2.75. The van der Waals surface area contributed by atoms with Crippen LogP contribution in [0.15, 0.2) is 16.1 Å². The Morgan fingerprint density at radius 1 is 1.47 bits per heavy atom. The lowest BCUT2D eigenvalue weighted by atomic mass is 10.1. The number of nitrogens with zero attached hydrogens (tertiary/aromatic N) is 1. The molecule has 94 valence electrons. The Kier molecular flexibility index (Phi) is 3.50. The summed E-state index contributed by atoms with van der Waals surface area (Å²) in [6, 6.07) is 0. The molecule has 2 unspecified atom stereocenters. The molecule has 1 saturated carbocycles. The van der Waals surface area contributed by atoms with E-state index in [1.807, 2.05) is 0 Å². The quantitative estimate of drug-likeness (QED) is 0.570. The fraction of sp³-hybridized carbons (Fsp3) is 0.600.